The predicted octanol–water partition coefficient (Wildman–Crippen LogP) is 5.44. The van der Waals surface area contributed by atoms with E-state index in [1.165, 1.54) is 28.8 Å². The molecule has 2 aliphatic rings. The van der Waals surface area contributed by atoms with E-state index in [9.17, 15) is 0 Å². The number of nitrogens with one attached hydrogen (secondary N) is 1. The smallest absolute Gasteiger partial charge is 0.0895 e. The average Bonchev–Trinajstić information content (AvgIpc) is 2.61. The Hall–Kier alpha value is -1.80. The number of anilines is 1. The first-order chi connectivity index (χ1) is 11.3. The first-order valence-electron chi connectivity index (χ1n) is 8.81. The van der Waals surface area contributed by atoms with Crippen molar-refractivity contribution in [3.63, 3.8) is 0 Å². The zero-order valence-electron chi connectivity index (χ0n) is 14.0. The van der Waals surface area contributed by atoms with Gasteiger partial charge >= 0.3 is 0 Å². The number of fused-ring (bicyclic) bond motifs is 3. The molecule has 4 rings (SSSR count). The lowest BCUT2D eigenvalue weighted by Crippen LogP contribution is -2.36. The van der Waals surface area contributed by atoms with E-state index in [0.29, 0.717) is 17.9 Å². The second-order valence-electron chi connectivity index (χ2n) is 7.10. The molecule has 2 heterocycles. The first-order valence-corrected chi connectivity index (χ1v) is 8.81. The number of hydrogen-bond donors (Lipinski definition) is 1. The maximum atomic E-state index is 6.25. The molecule has 3 atom stereocenters. The Bertz CT molecular complexity index is 679. The van der Waals surface area contributed by atoms with E-state index in [-0.39, 0.29) is 6.10 Å². The zero-order valence-corrected chi connectivity index (χ0v) is 14.0. The molecular weight excluding hydrogens is 282 g/mol. The minimum absolute atomic E-state index is 0.226. The minimum Gasteiger partial charge on any atom is -0.377 e. The van der Waals surface area contributed by atoms with Crippen molar-refractivity contribution in [3.05, 3.63) is 65.2 Å². The van der Waals surface area contributed by atoms with Crippen molar-refractivity contribution in [1.29, 1.82) is 0 Å². The van der Waals surface area contributed by atoms with Crippen molar-refractivity contribution in [1.82, 2.24) is 0 Å². The van der Waals surface area contributed by atoms with Crippen LogP contribution in [0.3, 0.4) is 0 Å². The molecule has 2 heteroatoms. The lowest BCUT2D eigenvalue weighted by molar-refractivity contribution is -0.0382. The van der Waals surface area contributed by atoms with E-state index in [1.54, 1.807) is 0 Å². The van der Waals surface area contributed by atoms with Crippen LogP contribution >= 0.6 is 0 Å². The van der Waals surface area contributed by atoms with Crippen LogP contribution in [0.1, 0.15) is 61.4 Å². The molecule has 0 spiro atoms. The summed E-state index contributed by atoms with van der Waals surface area (Å²) in [5.41, 5.74) is 5.43. The fourth-order valence-electron chi connectivity index (χ4n) is 4.19. The van der Waals surface area contributed by atoms with Crippen molar-refractivity contribution in [2.75, 3.05) is 11.9 Å². The molecule has 0 amide bonds. The van der Waals surface area contributed by atoms with E-state index >= 15 is 0 Å². The number of para-hydroxylation sites is 1. The number of benzene rings is 2. The maximum Gasteiger partial charge on any atom is 0.0895 e. The SMILES string of the molecule is CC(C)c1cccc2c1NC(c1ccccc1)[C@@H]1CCCO[C@H]21. The molecule has 120 valence electrons. The van der Waals surface area contributed by atoms with Crippen LogP contribution in [0.25, 0.3) is 0 Å². The monoisotopic (exact) mass is 307 g/mol. The van der Waals surface area contributed by atoms with Gasteiger partial charge in [-0.1, -0.05) is 62.4 Å². The van der Waals surface area contributed by atoms with Crippen molar-refractivity contribution in [3.8, 4) is 0 Å². The second kappa shape index (κ2) is 6.01. The topological polar surface area (TPSA) is 21.3 Å². The zero-order chi connectivity index (χ0) is 15.8. The molecular formula is C21H25NO. The number of ether oxygens (including phenoxy) is 1. The summed E-state index contributed by atoms with van der Waals surface area (Å²) >= 11 is 0. The Balaban J connectivity index is 1.82. The Morgan fingerprint density at radius 1 is 1.04 bits per heavy atom. The van der Waals surface area contributed by atoms with Crippen LogP contribution in [0.2, 0.25) is 0 Å². The van der Waals surface area contributed by atoms with Gasteiger partial charge in [0.15, 0.2) is 0 Å². The van der Waals surface area contributed by atoms with E-state index in [4.69, 9.17) is 4.74 Å². The normalized spacial score (nSPS) is 26.3. The molecule has 1 fully saturated rings. The third-order valence-corrected chi connectivity index (χ3v) is 5.31. The highest BCUT2D eigenvalue weighted by Crippen LogP contribution is 2.50. The van der Waals surface area contributed by atoms with Gasteiger partial charge in [0.1, 0.15) is 0 Å². The first kappa shape index (κ1) is 14.8. The molecule has 0 bridgehead atoms. The van der Waals surface area contributed by atoms with Crippen LogP contribution in [0.4, 0.5) is 5.69 Å². The molecule has 2 nitrogen and oxygen atoms in total. The Morgan fingerprint density at radius 3 is 2.65 bits per heavy atom. The fourth-order valence-corrected chi connectivity index (χ4v) is 4.19. The van der Waals surface area contributed by atoms with Gasteiger partial charge in [-0.05, 0) is 29.9 Å². The number of hydrogen-bond acceptors (Lipinski definition) is 2. The third kappa shape index (κ3) is 2.55. The summed E-state index contributed by atoms with van der Waals surface area (Å²) in [5, 5.41) is 3.88. The summed E-state index contributed by atoms with van der Waals surface area (Å²) < 4.78 is 6.25. The van der Waals surface area contributed by atoms with Crippen molar-refractivity contribution in [2.24, 2.45) is 5.92 Å². The van der Waals surface area contributed by atoms with Gasteiger partial charge in [0.2, 0.25) is 0 Å². The van der Waals surface area contributed by atoms with Crippen LogP contribution in [0, 0.1) is 5.92 Å². The van der Waals surface area contributed by atoms with Gasteiger partial charge in [-0.25, -0.2) is 0 Å². The van der Waals surface area contributed by atoms with E-state index in [1.807, 2.05) is 0 Å². The summed E-state index contributed by atoms with van der Waals surface area (Å²) in [6.07, 6.45) is 2.61. The highest BCUT2D eigenvalue weighted by Gasteiger charge is 2.40. The molecule has 0 saturated carbocycles. The Labute approximate surface area is 138 Å². The molecule has 2 aromatic carbocycles. The number of rotatable bonds is 2. The van der Waals surface area contributed by atoms with Crippen LogP contribution in [-0.4, -0.2) is 6.61 Å². The summed E-state index contributed by atoms with van der Waals surface area (Å²) in [4.78, 5) is 0. The summed E-state index contributed by atoms with van der Waals surface area (Å²) in [5.74, 6) is 1.02. The van der Waals surface area contributed by atoms with Gasteiger partial charge in [0.05, 0.1) is 12.1 Å². The van der Waals surface area contributed by atoms with Crippen molar-refractivity contribution >= 4 is 5.69 Å². The van der Waals surface area contributed by atoms with Crippen LogP contribution in [-0.2, 0) is 4.74 Å². The Morgan fingerprint density at radius 2 is 1.87 bits per heavy atom. The summed E-state index contributed by atoms with van der Waals surface area (Å²) in [6.45, 7) is 5.42. The lowest BCUT2D eigenvalue weighted by atomic mass is 9.76. The van der Waals surface area contributed by atoms with E-state index in [0.717, 1.165) is 13.0 Å². The van der Waals surface area contributed by atoms with Crippen molar-refractivity contribution < 1.29 is 4.74 Å². The van der Waals surface area contributed by atoms with Gasteiger partial charge in [-0.3, -0.25) is 0 Å². The fraction of sp³-hybridized carbons (Fsp3) is 0.429. The molecule has 23 heavy (non-hydrogen) atoms. The van der Waals surface area contributed by atoms with Crippen molar-refractivity contribution in [2.45, 2.75) is 44.8 Å². The van der Waals surface area contributed by atoms with Gasteiger partial charge < -0.3 is 10.1 Å². The van der Waals surface area contributed by atoms with Gasteiger partial charge in [0.25, 0.3) is 0 Å². The lowest BCUT2D eigenvalue weighted by Gasteiger charge is -2.44. The second-order valence-corrected chi connectivity index (χ2v) is 7.10. The van der Waals surface area contributed by atoms with Gasteiger partial charge in [0, 0.05) is 23.8 Å². The maximum absolute atomic E-state index is 6.25. The quantitative estimate of drug-likeness (QED) is 0.797. The standard InChI is InChI=1S/C21H25NO/c1-14(2)16-10-6-11-18-20(16)22-19(15-8-4-3-5-9-15)17-12-7-13-23-21(17)18/h3-6,8-11,14,17,19,21-22H,7,12-13H2,1-2H3/t17-,19?,21-/m0/s1. The summed E-state index contributed by atoms with van der Waals surface area (Å²) in [7, 11) is 0. The average molecular weight is 307 g/mol. The van der Waals surface area contributed by atoms with Crippen LogP contribution in [0.5, 0.6) is 0 Å². The van der Waals surface area contributed by atoms with E-state index in [2.05, 4.69) is 67.7 Å². The predicted molar refractivity (Wildman–Crippen MR) is 94.8 cm³/mol. The van der Waals surface area contributed by atoms with Gasteiger partial charge in [-0.2, -0.15) is 0 Å². The van der Waals surface area contributed by atoms with E-state index < -0.39 is 0 Å². The largest absolute Gasteiger partial charge is 0.377 e. The minimum atomic E-state index is 0.226. The highest BCUT2D eigenvalue weighted by atomic mass is 16.5. The molecule has 0 radical (unpaired) electrons. The van der Waals surface area contributed by atoms with Crippen LogP contribution < -0.4 is 5.32 Å². The third-order valence-electron chi connectivity index (χ3n) is 5.31. The Kier molecular flexibility index (Phi) is 3.86. The molecule has 2 aromatic rings. The molecule has 0 aromatic heterocycles. The molecule has 2 aliphatic heterocycles. The molecule has 1 N–H and O–H groups in total. The summed E-state index contributed by atoms with van der Waals surface area (Å²) in [6, 6.07) is 17.9. The highest BCUT2D eigenvalue weighted by molar-refractivity contribution is 5.63. The van der Waals surface area contributed by atoms with Gasteiger partial charge in [-0.15, -0.1) is 0 Å². The molecule has 1 saturated heterocycles. The van der Waals surface area contributed by atoms with Crippen LogP contribution in [0.15, 0.2) is 48.5 Å². The molecule has 1 unspecified atom stereocenters. The molecule has 0 aliphatic carbocycles.